The van der Waals surface area contributed by atoms with E-state index in [1.54, 1.807) is 35.2 Å². The first-order valence-corrected chi connectivity index (χ1v) is 9.07. The molecule has 3 rings (SSSR count). The third-order valence-corrected chi connectivity index (χ3v) is 4.80. The summed E-state index contributed by atoms with van der Waals surface area (Å²) in [6, 6.07) is 13.5. The maximum Gasteiger partial charge on any atom is 0.254 e. The van der Waals surface area contributed by atoms with E-state index in [0.29, 0.717) is 17.7 Å². The molecular weight excluding hydrogens is 343 g/mol. The van der Waals surface area contributed by atoms with Gasteiger partial charge in [0.1, 0.15) is 5.82 Å². The standard InChI is InChI=1S/C22H23FN2O2/c1-3-21(26)24-14-16-8-10-17(11-9-16)22(27)25(18-12-13-18)15(2)19-6-4-5-7-20(19)23/h3-11,15,18H,1,12-14H2,2H3,(H,24,26). The molecule has 2 amide bonds. The summed E-state index contributed by atoms with van der Waals surface area (Å²) in [5.41, 5.74) is 1.98. The molecule has 4 nitrogen and oxygen atoms in total. The van der Waals surface area contributed by atoms with Crippen molar-refractivity contribution in [3.05, 3.63) is 83.7 Å². The molecule has 2 aromatic carbocycles. The highest BCUT2D eigenvalue weighted by molar-refractivity contribution is 5.95. The van der Waals surface area contributed by atoms with Gasteiger partial charge in [-0.1, -0.05) is 36.9 Å². The van der Waals surface area contributed by atoms with Gasteiger partial charge in [-0.3, -0.25) is 9.59 Å². The van der Waals surface area contributed by atoms with Crippen molar-refractivity contribution in [1.29, 1.82) is 0 Å². The lowest BCUT2D eigenvalue weighted by Gasteiger charge is -2.30. The van der Waals surface area contributed by atoms with Crippen LogP contribution in [0.4, 0.5) is 4.39 Å². The molecule has 1 saturated carbocycles. The smallest absolute Gasteiger partial charge is 0.254 e. The van der Waals surface area contributed by atoms with Crippen molar-refractivity contribution in [3.8, 4) is 0 Å². The third-order valence-electron chi connectivity index (χ3n) is 4.80. The first kappa shape index (κ1) is 18.8. The Morgan fingerprint density at radius 2 is 1.89 bits per heavy atom. The summed E-state index contributed by atoms with van der Waals surface area (Å²) in [5.74, 6) is -0.638. The molecule has 5 heteroatoms. The van der Waals surface area contributed by atoms with E-state index < -0.39 is 0 Å². The van der Waals surface area contributed by atoms with Crippen LogP contribution in [0.3, 0.4) is 0 Å². The van der Waals surface area contributed by atoms with E-state index in [-0.39, 0.29) is 29.7 Å². The number of halogens is 1. The van der Waals surface area contributed by atoms with Gasteiger partial charge < -0.3 is 10.2 Å². The van der Waals surface area contributed by atoms with E-state index in [1.807, 2.05) is 19.1 Å². The van der Waals surface area contributed by atoms with Gasteiger partial charge in [0, 0.05) is 23.7 Å². The van der Waals surface area contributed by atoms with Crippen molar-refractivity contribution in [3.63, 3.8) is 0 Å². The molecule has 1 aliphatic carbocycles. The zero-order valence-corrected chi connectivity index (χ0v) is 15.3. The van der Waals surface area contributed by atoms with Crippen LogP contribution in [0, 0.1) is 5.82 Å². The maximum absolute atomic E-state index is 14.2. The van der Waals surface area contributed by atoms with Crippen LogP contribution in [0.5, 0.6) is 0 Å². The molecule has 1 aliphatic rings. The molecule has 0 radical (unpaired) electrons. The minimum Gasteiger partial charge on any atom is -0.348 e. The number of benzene rings is 2. The molecule has 27 heavy (non-hydrogen) atoms. The van der Waals surface area contributed by atoms with E-state index in [4.69, 9.17) is 0 Å². The summed E-state index contributed by atoms with van der Waals surface area (Å²) < 4.78 is 14.2. The molecule has 1 unspecified atom stereocenters. The first-order chi connectivity index (χ1) is 13.0. The second kappa shape index (κ2) is 8.16. The molecular formula is C22H23FN2O2. The largest absolute Gasteiger partial charge is 0.348 e. The number of nitrogens with one attached hydrogen (secondary N) is 1. The van der Waals surface area contributed by atoms with Gasteiger partial charge >= 0.3 is 0 Å². The number of carbonyl (C=O) groups excluding carboxylic acids is 2. The van der Waals surface area contributed by atoms with Gasteiger partial charge in [-0.2, -0.15) is 0 Å². The topological polar surface area (TPSA) is 49.4 Å². The van der Waals surface area contributed by atoms with Crippen molar-refractivity contribution in [2.75, 3.05) is 0 Å². The Morgan fingerprint density at radius 3 is 2.48 bits per heavy atom. The number of hydrogen-bond acceptors (Lipinski definition) is 2. The highest BCUT2D eigenvalue weighted by Gasteiger charge is 2.37. The molecule has 0 aromatic heterocycles. The number of nitrogens with zero attached hydrogens (tertiary/aromatic N) is 1. The zero-order chi connectivity index (χ0) is 19.4. The lowest BCUT2D eigenvalue weighted by Crippen LogP contribution is -2.36. The average molecular weight is 366 g/mol. The van der Waals surface area contributed by atoms with E-state index >= 15 is 0 Å². The zero-order valence-electron chi connectivity index (χ0n) is 15.3. The van der Waals surface area contributed by atoms with E-state index in [9.17, 15) is 14.0 Å². The van der Waals surface area contributed by atoms with Crippen LogP contribution in [0.2, 0.25) is 0 Å². The highest BCUT2D eigenvalue weighted by atomic mass is 19.1. The summed E-state index contributed by atoms with van der Waals surface area (Å²) in [6.45, 7) is 5.65. The Hall–Kier alpha value is -2.95. The van der Waals surface area contributed by atoms with Gasteiger partial charge in [0.15, 0.2) is 0 Å². The SMILES string of the molecule is C=CC(=O)NCc1ccc(C(=O)N(C2CC2)C(C)c2ccccc2F)cc1. The molecule has 2 aromatic rings. The van der Waals surface area contributed by atoms with Crippen molar-refractivity contribution in [2.24, 2.45) is 0 Å². The summed E-state index contributed by atoms with van der Waals surface area (Å²) in [6.07, 6.45) is 3.10. The van der Waals surface area contributed by atoms with Gasteiger partial charge in [-0.25, -0.2) is 4.39 Å². The van der Waals surface area contributed by atoms with Crippen LogP contribution < -0.4 is 5.32 Å². The van der Waals surface area contributed by atoms with Crippen LogP contribution in [-0.4, -0.2) is 22.8 Å². The van der Waals surface area contributed by atoms with Gasteiger partial charge in [-0.05, 0) is 49.6 Å². The predicted octanol–water partition coefficient (Wildman–Crippen LogP) is 3.99. The molecule has 1 N–H and O–H groups in total. The molecule has 0 spiro atoms. The van der Waals surface area contributed by atoms with E-state index in [1.165, 1.54) is 12.1 Å². The lowest BCUT2D eigenvalue weighted by atomic mass is 10.0. The fourth-order valence-electron chi connectivity index (χ4n) is 3.15. The molecule has 0 saturated heterocycles. The van der Waals surface area contributed by atoms with Crippen LogP contribution in [0.25, 0.3) is 0 Å². The lowest BCUT2D eigenvalue weighted by molar-refractivity contribution is -0.116. The van der Waals surface area contributed by atoms with Gasteiger partial charge in [-0.15, -0.1) is 0 Å². The molecule has 0 heterocycles. The Balaban J connectivity index is 1.76. The average Bonchev–Trinajstić information content (AvgIpc) is 3.51. The number of amides is 2. The van der Waals surface area contributed by atoms with Crippen molar-refractivity contribution >= 4 is 11.8 Å². The quantitative estimate of drug-likeness (QED) is 0.753. The number of hydrogen-bond donors (Lipinski definition) is 1. The first-order valence-electron chi connectivity index (χ1n) is 9.07. The second-order valence-corrected chi connectivity index (χ2v) is 6.76. The van der Waals surface area contributed by atoms with Gasteiger partial charge in [0.05, 0.1) is 6.04 Å². The minimum atomic E-state index is -0.335. The third kappa shape index (κ3) is 4.42. The normalized spacial score (nSPS) is 14.3. The fourth-order valence-corrected chi connectivity index (χ4v) is 3.15. The number of rotatable bonds is 7. The highest BCUT2D eigenvalue weighted by Crippen LogP contribution is 2.36. The predicted molar refractivity (Wildman–Crippen MR) is 102 cm³/mol. The monoisotopic (exact) mass is 366 g/mol. The van der Waals surface area contributed by atoms with Gasteiger partial charge in [0.2, 0.25) is 5.91 Å². The Kier molecular flexibility index (Phi) is 5.69. The summed E-state index contributed by atoms with van der Waals surface area (Å²) >= 11 is 0. The van der Waals surface area contributed by atoms with Crippen LogP contribution in [0.15, 0.2) is 61.2 Å². The summed E-state index contributed by atoms with van der Waals surface area (Å²) in [4.78, 5) is 26.1. The Bertz CT molecular complexity index is 844. The minimum absolute atomic E-state index is 0.102. The molecule has 0 bridgehead atoms. The molecule has 0 aliphatic heterocycles. The van der Waals surface area contributed by atoms with Crippen molar-refractivity contribution in [2.45, 2.75) is 38.4 Å². The van der Waals surface area contributed by atoms with Crippen LogP contribution in [0.1, 0.15) is 47.3 Å². The molecule has 140 valence electrons. The summed E-state index contributed by atoms with van der Waals surface area (Å²) in [5, 5.41) is 2.70. The maximum atomic E-state index is 14.2. The van der Waals surface area contributed by atoms with E-state index in [2.05, 4.69) is 11.9 Å². The Morgan fingerprint density at radius 1 is 1.22 bits per heavy atom. The van der Waals surface area contributed by atoms with Crippen LogP contribution >= 0.6 is 0 Å². The van der Waals surface area contributed by atoms with E-state index in [0.717, 1.165) is 18.4 Å². The number of carbonyl (C=O) groups is 2. The van der Waals surface area contributed by atoms with Crippen molar-refractivity contribution < 1.29 is 14.0 Å². The molecule has 1 fully saturated rings. The summed E-state index contributed by atoms with van der Waals surface area (Å²) in [7, 11) is 0. The molecule has 1 atom stereocenters. The van der Waals surface area contributed by atoms with Crippen LogP contribution in [-0.2, 0) is 11.3 Å². The second-order valence-electron chi connectivity index (χ2n) is 6.76. The fraction of sp³-hybridized carbons (Fsp3) is 0.273. The Labute approximate surface area is 158 Å². The van der Waals surface area contributed by atoms with Crippen molar-refractivity contribution in [1.82, 2.24) is 10.2 Å². The van der Waals surface area contributed by atoms with Gasteiger partial charge in [0.25, 0.3) is 5.91 Å².